The maximum atomic E-state index is 9.55. The summed E-state index contributed by atoms with van der Waals surface area (Å²) in [6.07, 6.45) is 0.880. The van der Waals surface area contributed by atoms with Crippen molar-refractivity contribution in [2.45, 2.75) is 13.0 Å². The predicted molar refractivity (Wildman–Crippen MR) is 89.8 cm³/mol. The summed E-state index contributed by atoms with van der Waals surface area (Å²) in [5.41, 5.74) is 3.18. The lowest BCUT2D eigenvalue weighted by Gasteiger charge is -2.13. The number of hydrogen-bond donors (Lipinski definition) is 3. The third-order valence-corrected chi connectivity index (χ3v) is 3.86. The normalized spacial score (nSPS) is 12.5. The first-order valence-corrected chi connectivity index (χ1v) is 7.61. The molecule has 0 amide bonds. The Morgan fingerprint density at radius 2 is 2.13 bits per heavy atom. The molecule has 1 atom stereocenters. The summed E-state index contributed by atoms with van der Waals surface area (Å²) < 4.78 is 1.67. The van der Waals surface area contributed by atoms with Crippen molar-refractivity contribution in [3.63, 3.8) is 0 Å². The quantitative estimate of drug-likeness (QED) is 0.666. The molecule has 23 heavy (non-hydrogen) atoms. The first-order valence-electron chi connectivity index (χ1n) is 7.23. The van der Waals surface area contributed by atoms with Crippen LogP contribution in [0.2, 0.25) is 5.02 Å². The molecule has 7 heteroatoms. The summed E-state index contributed by atoms with van der Waals surface area (Å²) in [4.78, 5) is 4.64. The van der Waals surface area contributed by atoms with Crippen LogP contribution in [-0.2, 0) is 0 Å². The molecule has 0 saturated carbocycles. The number of aliphatic hydroxyl groups is 2. The molecule has 0 saturated heterocycles. The van der Waals surface area contributed by atoms with Gasteiger partial charge in [0, 0.05) is 28.8 Å². The maximum Gasteiger partial charge on any atom is 0.160 e. The highest BCUT2D eigenvalue weighted by Crippen LogP contribution is 2.29. The van der Waals surface area contributed by atoms with Crippen LogP contribution in [-0.4, -0.2) is 44.1 Å². The van der Waals surface area contributed by atoms with Crippen LogP contribution >= 0.6 is 11.6 Å². The Kier molecular flexibility index (Phi) is 4.47. The molecule has 3 aromatic rings. The standard InChI is InChI=1S/C16H17ClN4O2/c1-10-7-19-21-15(18-8-11(23)9-22)6-14(20-16(10)21)12-4-2-3-5-13(12)17/h2-7,11,18,22-23H,8-9H2,1H3/t11-/m0/s1. The lowest BCUT2D eigenvalue weighted by Crippen LogP contribution is -2.24. The van der Waals surface area contributed by atoms with Crippen molar-refractivity contribution >= 4 is 23.1 Å². The van der Waals surface area contributed by atoms with Gasteiger partial charge in [-0.2, -0.15) is 9.61 Å². The summed E-state index contributed by atoms with van der Waals surface area (Å²) >= 11 is 6.27. The van der Waals surface area contributed by atoms with E-state index in [1.165, 1.54) is 0 Å². The topological polar surface area (TPSA) is 82.7 Å². The van der Waals surface area contributed by atoms with Gasteiger partial charge in [-0.05, 0) is 13.0 Å². The smallest absolute Gasteiger partial charge is 0.160 e. The molecule has 1 aromatic carbocycles. The van der Waals surface area contributed by atoms with Crippen molar-refractivity contribution in [3.05, 3.63) is 47.1 Å². The molecule has 0 fully saturated rings. The molecule has 120 valence electrons. The molecule has 2 heterocycles. The molecule has 0 spiro atoms. The fourth-order valence-electron chi connectivity index (χ4n) is 2.29. The van der Waals surface area contributed by atoms with Gasteiger partial charge in [-0.15, -0.1) is 0 Å². The van der Waals surface area contributed by atoms with E-state index in [2.05, 4.69) is 15.4 Å². The number of hydrogen-bond acceptors (Lipinski definition) is 5. The lowest BCUT2D eigenvalue weighted by atomic mass is 10.1. The second-order valence-electron chi connectivity index (χ2n) is 5.29. The Hall–Kier alpha value is -2.15. The van der Waals surface area contributed by atoms with E-state index in [0.717, 1.165) is 11.1 Å². The van der Waals surface area contributed by atoms with Crippen molar-refractivity contribution in [2.75, 3.05) is 18.5 Å². The van der Waals surface area contributed by atoms with Crippen LogP contribution in [0.3, 0.4) is 0 Å². The molecular weight excluding hydrogens is 316 g/mol. The first-order chi connectivity index (χ1) is 11.1. The third kappa shape index (κ3) is 3.14. The number of benzene rings is 1. The molecule has 3 N–H and O–H groups in total. The zero-order valence-corrected chi connectivity index (χ0v) is 13.3. The number of aryl methyl sites for hydroxylation is 1. The van der Waals surface area contributed by atoms with E-state index in [0.29, 0.717) is 22.2 Å². The maximum absolute atomic E-state index is 9.55. The molecular formula is C16H17ClN4O2. The lowest BCUT2D eigenvalue weighted by molar-refractivity contribution is 0.105. The molecule has 0 aliphatic rings. The van der Waals surface area contributed by atoms with Gasteiger partial charge in [0.2, 0.25) is 0 Å². The molecule has 3 rings (SSSR count). The van der Waals surface area contributed by atoms with Gasteiger partial charge in [0.15, 0.2) is 5.65 Å². The summed E-state index contributed by atoms with van der Waals surface area (Å²) in [7, 11) is 0. The van der Waals surface area contributed by atoms with Crippen molar-refractivity contribution in [1.29, 1.82) is 0 Å². The van der Waals surface area contributed by atoms with Gasteiger partial charge < -0.3 is 15.5 Å². The summed E-state index contributed by atoms with van der Waals surface area (Å²) in [5.74, 6) is 0.672. The van der Waals surface area contributed by atoms with Crippen molar-refractivity contribution in [2.24, 2.45) is 0 Å². The second-order valence-corrected chi connectivity index (χ2v) is 5.69. The molecule has 0 radical (unpaired) electrons. The molecule has 0 bridgehead atoms. The van der Waals surface area contributed by atoms with Gasteiger partial charge in [0.1, 0.15) is 5.82 Å². The Labute approximate surface area is 138 Å². The number of aliphatic hydroxyl groups excluding tert-OH is 2. The van der Waals surface area contributed by atoms with Crippen molar-refractivity contribution in [3.8, 4) is 11.3 Å². The minimum Gasteiger partial charge on any atom is -0.394 e. The second kappa shape index (κ2) is 6.54. The minimum absolute atomic E-state index is 0.205. The SMILES string of the molecule is Cc1cnn2c(NC[C@H](O)CO)cc(-c3ccccc3Cl)nc12. The van der Waals surface area contributed by atoms with Crippen LogP contribution in [0.15, 0.2) is 36.5 Å². The third-order valence-electron chi connectivity index (χ3n) is 3.53. The molecule has 6 nitrogen and oxygen atoms in total. The highest BCUT2D eigenvalue weighted by Gasteiger charge is 2.13. The largest absolute Gasteiger partial charge is 0.394 e. The zero-order chi connectivity index (χ0) is 16.4. The van der Waals surface area contributed by atoms with E-state index in [9.17, 15) is 5.11 Å². The summed E-state index contributed by atoms with van der Waals surface area (Å²) in [6.45, 7) is 1.82. The highest BCUT2D eigenvalue weighted by atomic mass is 35.5. The summed E-state index contributed by atoms with van der Waals surface area (Å²) in [6, 6.07) is 9.31. The van der Waals surface area contributed by atoms with Gasteiger partial charge in [-0.1, -0.05) is 29.8 Å². The van der Waals surface area contributed by atoms with E-state index in [1.807, 2.05) is 37.3 Å². The van der Waals surface area contributed by atoms with Crippen LogP contribution in [0, 0.1) is 6.92 Å². The molecule has 0 unspecified atom stereocenters. The molecule has 2 aromatic heterocycles. The number of halogens is 1. The number of nitrogens with one attached hydrogen (secondary N) is 1. The van der Waals surface area contributed by atoms with Crippen LogP contribution < -0.4 is 5.32 Å². The molecule has 0 aliphatic heterocycles. The van der Waals surface area contributed by atoms with Gasteiger partial charge in [-0.3, -0.25) is 0 Å². The van der Waals surface area contributed by atoms with Crippen LogP contribution in [0.1, 0.15) is 5.56 Å². The average molecular weight is 333 g/mol. The molecule has 0 aliphatic carbocycles. The number of nitrogens with zero attached hydrogens (tertiary/aromatic N) is 3. The summed E-state index contributed by atoms with van der Waals surface area (Å²) in [5, 5.41) is 26.5. The average Bonchev–Trinajstić information content (AvgIpc) is 2.94. The van der Waals surface area contributed by atoms with Crippen molar-refractivity contribution in [1.82, 2.24) is 14.6 Å². The monoisotopic (exact) mass is 332 g/mol. The van der Waals surface area contributed by atoms with Crippen LogP contribution in [0.25, 0.3) is 16.9 Å². The van der Waals surface area contributed by atoms with E-state index >= 15 is 0 Å². The van der Waals surface area contributed by atoms with Gasteiger partial charge in [0.05, 0.1) is 24.6 Å². The predicted octanol–water partition coefficient (Wildman–Crippen LogP) is 2.12. The minimum atomic E-state index is -0.848. The Balaban J connectivity index is 2.09. The number of aromatic nitrogens is 3. The van der Waals surface area contributed by atoms with Crippen LogP contribution in [0.5, 0.6) is 0 Å². The Morgan fingerprint density at radius 3 is 2.87 bits per heavy atom. The Bertz CT molecular complexity index is 834. The zero-order valence-electron chi connectivity index (χ0n) is 12.6. The van der Waals surface area contributed by atoms with Crippen LogP contribution in [0.4, 0.5) is 5.82 Å². The van der Waals surface area contributed by atoms with Gasteiger partial charge >= 0.3 is 0 Å². The van der Waals surface area contributed by atoms with Gasteiger partial charge in [-0.25, -0.2) is 4.98 Å². The van der Waals surface area contributed by atoms with E-state index in [1.54, 1.807) is 10.7 Å². The van der Waals surface area contributed by atoms with E-state index in [-0.39, 0.29) is 13.2 Å². The van der Waals surface area contributed by atoms with E-state index < -0.39 is 6.10 Å². The number of rotatable bonds is 5. The Morgan fingerprint density at radius 1 is 1.35 bits per heavy atom. The number of fused-ring (bicyclic) bond motifs is 1. The fraction of sp³-hybridized carbons (Fsp3) is 0.250. The highest BCUT2D eigenvalue weighted by molar-refractivity contribution is 6.33. The van der Waals surface area contributed by atoms with Gasteiger partial charge in [0.25, 0.3) is 0 Å². The number of anilines is 1. The first kappa shape index (κ1) is 15.7. The van der Waals surface area contributed by atoms with Crippen molar-refractivity contribution < 1.29 is 10.2 Å². The van der Waals surface area contributed by atoms with E-state index in [4.69, 9.17) is 16.7 Å². The fourth-order valence-corrected chi connectivity index (χ4v) is 2.52.